The van der Waals surface area contributed by atoms with Gasteiger partial charge in [-0.25, -0.2) is 4.98 Å². The number of Topliss-reactive ketones (excluding diaryl/α,β-unsaturated/α-hetero) is 1. The van der Waals surface area contributed by atoms with Crippen LogP contribution >= 0.6 is 0 Å². The van der Waals surface area contributed by atoms with Gasteiger partial charge in [-0.05, 0) is 49.7 Å². The molecular formula is C18H21N3O2. The zero-order valence-corrected chi connectivity index (χ0v) is 13.4. The molecular weight excluding hydrogens is 290 g/mol. The van der Waals surface area contributed by atoms with Crippen LogP contribution in [0.1, 0.15) is 47.5 Å². The Labute approximate surface area is 136 Å². The van der Waals surface area contributed by atoms with Crippen LogP contribution in [0.4, 0.5) is 11.4 Å². The summed E-state index contributed by atoms with van der Waals surface area (Å²) in [5.74, 6) is -0.281. The van der Waals surface area contributed by atoms with Crippen molar-refractivity contribution in [1.29, 1.82) is 0 Å². The summed E-state index contributed by atoms with van der Waals surface area (Å²) in [5, 5.41) is 6.02. The van der Waals surface area contributed by atoms with Gasteiger partial charge in [0.15, 0.2) is 5.78 Å². The summed E-state index contributed by atoms with van der Waals surface area (Å²) < 4.78 is 0. The third-order valence-corrected chi connectivity index (χ3v) is 3.40. The smallest absolute Gasteiger partial charge is 0.274 e. The Bertz CT molecular complexity index is 664. The van der Waals surface area contributed by atoms with Gasteiger partial charge < -0.3 is 10.6 Å². The predicted molar refractivity (Wildman–Crippen MR) is 92.0 cm³/mol. The summed E-state index contributed by atoms with van der Waals surface area (Å²) in [6, 6.07) is 10.3. The van der Waals surface area contributed by atoms with Gasteiger partial charge in [0.25, 0.3) is 5.91 Å². The highest BCUT2D eigenvalue weighted by atomic mass is 16.2. The van der Waals surface area contributed by atoms with E-state index in [1.165, 1.54) is 6.92 Å². The summed E-state index contributed by atoms with van der Waals surface area (Å²) in [4.78, 5) is 27.5. The lowest BCUT2D eigenvalue weighted by Gasteiger charge is -2.07. The van der Waals surface area contributed by atoms with Crippen LogP contribution in [0, 0.1) is 0 Å². The average molecular weight is 311 g/mol. The number of rotatable bonds is 7. The van der Waals surface area contributed by atoms with Crippen LogP contribution in [0.3, 0.4) is 0 Å². The van der Waals surface area contributed by atoms with E-state index < -0.39 is 0 Å². The predicted octanol–water partition coefficient (Wildman–Crippen LogP) is 3.75. The quantitative estimate of drug-likeness (QED) is 0.603. The van der Waals surface area contributed by atoms with Crippen LogP contribution in [-0.2, 0) is 0 Å². The topological polar surface area (TPSA) is 71.1 Å². The molecule has 1 aromatic heterocycles. The molecule has 23 heavy (non-hydrogen) atoms. The van der Waals surface area contributed by atoms with E-state index in [1.807, 2.05) is 6.07 Å². The van der Waals surface area contributed by atoms with Crippen LogP contribution in [0.2, 0.25) is 0 Å². The first-order valence-electron chi connectivity index (χ1n) is 7.72. The molecule has 2 aromatic rings. The molecule has 0 fully saturated rings. The molecule has 0 radical (unpaired) electrons. The van der Waals surface area contributed by atoms with E-state index in [2.05, 4.69) is 22.5 Å². The summed E-state index contributed by atoms with van der Waals surface area (Å²) in [5.41, 5.74) is 2.50. The fraction of sp³-hybridized carbons (Fsp3) is 0.278. The molecule has 5 nitrogen and oxygen atoms in total. The number of benzene rings is 1. The minimum absolute atomic E-state index is 0.00398. The number of hydrogen-bond donors (Lipinski definition) is 2. The van der Waals surface area contributed by atoms with E-state index in [9.17, 15) is 9.59 Å². The number of nitrogens with zero attached hydrogens (tertiary/aromatic N) is 1. The maximum absolute atomic E-state index is 12.1. The Balaban J connectivity index is 1.96. The molecule has 0 saturated heterocycles. The second-order valence-electron chi connectivity index (χ2n) is 5.30. The molecule has 0 aliphatic heterocycles. The van der Waals surface area contributed by atoms with Gasteiger partial charge >= 0.3 is 0 Å². The second-order valence-corrected chi connectivity index (χ2v) is 5.30. The van der Waals surface area contributed by atoms with Crippen LogP contribution < -0.4 is 10.6 Å². The van der Waals surface area contributed by atoms with E-state index in [4.69, 9.17) is 0 Å². The maximum atomic E-state index is 12.1. The minimum atomic E-state index is -0.277. The van der Waals surface area contributed by atoms with Crippen molar-refractivity contribution in [1.82, 2.24) is 4.98 Å². The molecule has 120 valence electrons. The Morgan fingerprint density at radius 2 is 1.74 bits per heavy atom. The van der Waals surface area contributed by atoms with Crippen molar-refractivity contribution in [3.05, 3.63) is 53.9 Å². The lowest BCUT2D eigenvalue weighted by Crippen LogP contribution is -2.14. The van der Waals surface area contributed by atoms with Gasteiger partial charge in [0, 0.05) is 17.8 Å². The molecule has 0 aliphatic carbocycles. The van der Waals surface area contributed by atoms with Gasteiger partial charge in [0.05, 0.1) is 11.9 Å². The van der Waals surface area contributed by atoms with Gasteiger partial charge in [-0.15, -0.1) is 0 Å². The van der Waals surface area contributed by atoms with Gasteiger partial charge in [-0.3, -0.25) is 9.59 Å². The highest BCUT2D eigenvalue weighted by Crippen LogP contribution is 2.12. The zero-order valence-electron chi connectivity index (χ0n) is 13.4. The van der Waals surface area contributed by atoms with Gasteiger partial charge in [0.2, 0.25) is 0 Å². The number of pyridine rings is 1. The molecule has 0 spiro atoms. The number of carbonyl (C=O) groups is 2. The van der Waals surface area contributed by atoms with Gasteiger partial charge in [-0.2, -0.15) is 0 Å². The first-order chi connectivity index (χ1) is 11.1. The lowest BCUT2D eigenvalue weighted by molar-refractivity contribution is 0.101. The SMILES string of the molecule is CCCCNc1ccc(C(=O)Nc2ccc(C(C)=O)cc2)nc1. The number of hydrogen-bond acceptors (Lipinski definition) is 4. The number of anilines is 2. The number of amides is 1. The second kappa shape index (κ2) is 8.08. The van der Waals surface area contributed by atoms with Crippen LogP contribution in [-0.4, -0.2) is 23.2 Å². The zero-order chi connectivity index (χ0) is 16.7. The van der Waals surface area contributed by atoms with E-state index >= 15 is 0 Å². The fourth-order valence-corrected chi connectivity index (χ4v) is 2.03. The van der Waals surface area contributed by atoms with E-state index in [0.717, 1.165) is 25.1 Å². The Morgan fingerprint density at radius 3 is 2.30 bits per heavy atom. The highest BCUT2D eigenvalue weighted by Gasteiger charge is 2.08. The molecule has 2 rings (SSSR count). The molecule has 0 saturated carbocycles. The van der Waals surface area contributed by atoms with Crippen molar-refractivity contribution in [3.63, 3.8) is 0 Å². The Hall–Kier alpha value is -2.69. The number of ketones is 1. The minimum Gasteiger partial charge on any atom is -0.384 e. The van der Waals surface area contributed by atoms with Gasteiger partial charge in [-0.1, -0.05) is 13.3 Å². The maximum Gasteiger partial charge on any atom is 0.274 e. The van der Waals surface area contributed by atoms with Crippen molar-refractivity contribution in [3.8, 4) is 0 Å². The van der Waals surface area contributed by atoms with Crippen LogP contribution in [0.15, 0.2) is 42.6 Å². The first kappa shape index (κ1) is 16.7. The monoisotopic (exact) mass is 311 g/mol. The van der Waals surface area contributed by atoms with E-state index in [0.29, 0.717) is 16.9 Å². The van der Waals surface area contributed by atoms with Crippen LogP contribution in [0.5, 0.6) is 0 Å². The first-order valence-corrected chi connectivity index (χ1v) is 7.72. The lowest BCUT2D eigenvalue weighted by atomic mass is 10.1. The number of aromatic nitrogens is 1. The van der Waals surface area contributed by atoms with Crippen LogP contribution in [0.25, 0.3) is 0 Å². The summed E-state index contributed by atoms with van der Waals surface area (Å²) >= 11 is 0. The molecule has 0 aliphatic rings. The standard InChI is InChI=1S/C18H21N3O2/c1-3-4-11-19-16-9-10-17(20-12-16)18(23)21-15-7-5-14(6-8-15)13(2)22/h5-10,12,19H,3-4,11H2,1-2H3,(H,21,23). The normalized spacial score (nSPS) is 10.2. The summed E-state index contributed by atoms with van der Waals surface area (Å²) in [6.45, 7) is 4.54. The van der Waals surface area contributed by atoms with Crippen molar-refractivity contribution >= 4 is 23.1 Å². The molecule has 2 N–H and O–H groups in total. The third kappa shape index (κ3) is 4.92. The Morgan fingerprint density at radius 1 is 1.04 bits per heavy atom. The number of nitrogens with one attached hydrogen (secondary N) is 2. The number of carbonyl (C=O) groups excluding carboxylic acids is 2. The highest BCUT2D eigenvalue weighted by molar-refractivity contribution is 6.03. The molecule has 5 heteroatoms. The molecule has 0 atom stereocenters. The van der Waals surface area contributed by atoms with Gasteiger partial charge in [0.1, 0.15) is 5.69 Å². The molecule has 1 heterocycles. The average Bonchev–Trinajstić information content (AvgIpc) is 2.56. The van der Waals surface area contributed by atoms with Crippen molar-refractivity contribution in [2.45, 2.75) is 26.7 Å². The van der Waals surface area contributed by atoms with E-state index in [-0.39, 0.29) is 11.7 Å². The Kier molecular flexibility index (Phi) is 5.86. The molecule has 0 unspecified atom stereocenters. The largest absolute Gasteiger partial charge is 0.384 e. The van der Waals surface area contributed by atoms with E-state index in [1.54, 1.807) is 36.5 Å². The third-order valence-electron chi connectivity index (χ3n) is 3.40. The van der Waals surface area contributed by atoms with Crippen molar-refractivity contribution < 1.29 is 9.59 Å². The molecule has 1 aromatic carbocycles. The van der Waals surface area contributed by atoms with Crippen molar-refractivity contribution in [2.75, 3.05) is 17.2 Å². The fourth-order valence-electron chi connectivity index (χ4n) is 2.03. The summed E-state index contributed by atoms with van der Waals surface area (Å²) in [7, 11) is 0. The summed E-state index contributed by atoms with van der Waals surface area (Å²) in [6.07, 6.45) is 3.88. The molecule has 0 bridgehead atoms. The molecule has 1 amide bonds. The van der Waals surface area contributed by atoms with Crippen molar-refractivity contribution in [2.24, 2.45) is 0 Å². The number of unbranched alkanes of at least 4 members (excludes halogenated alkanes) is 1.